The van der Waals surface area contributed by atoms with E-state index in [1.807, 2.05) is 14.1 Å². The van der Waals surface area contributed by atoms with Crippen LogP contribution in [0.15, 0.2) is 41.3 Å². The molecule has 2 rings (SSSR count). The molecule has 27 heavy (non-hydrogen) atoms. The predicted octanol–water partition coefficient (Wildman–Crippen LogP) is 3.65. The van der Waals surface area contributed by atoms with Crippen molar-refractivity contribution in [3.8, 4) is 11.5 Å². The van der Waals surface area contributed by atoms with E-state index in [4.69, 9.17) is 21.1 Å². The van der Waals surface area contributed by atoms with E-state index in [-0.39, 0.29) is 4.90 Å². The van der Waals surface area contributed by atoms with Gasteiger partial charge in [-0.25, -0.2) is 8.42 Å². The summed E-state index contributed by atoms with van der Waals surface area (Å²) in [7, 11) is 3.20. The van der Waals surface area contributed by atoms with Crippen molar-refractivity contribution in [1.29, 1.82) is 0 Å². The summed E-state index contributed by atoms with van der Waals surface area (Å²) >= 11 is 6.25. The molecule has 0 saturated heterocycles. The zero-order valence-electron chi connectivity index (χ0n) is 16.0. The van der Waals surface area contributed by atoms with Crippen LogP contribution in [-0.2, 0) is 16.4 Å². The van der Waals surface area contributed by atoms with Gasteiger partial charge in [0.15, 0.2) is 11.5 Å². The third-order valence-electron chi connectivity index (χ3n) is 4.01. The van der Waals surface area contributed by atoms with E-state index in [1.165, 1.54) is 26.4 Å². The van der Waals surface area contributed by atoms with Gasteiger partial charge >= 0.3 is 0 Å². The third kappa shape index (κ3) is 5.76. The third-order valence-corrected chi connectivity index (χ3v) is 5.76. The summed E-state index contributed by atoms with van der Waals surface area (Å²) in [6.07, 6.45) is 1.70. The topological polar surface area (TPSA) is 67.9 Å². The van der Waals surface area contributed by atoms with Crippen molar-refractivity contribution < 1.29 is 17.9 Å². The van der Waals surface area contributed by atoms with Gasteiger partial charge < -0.3 is 14.4 Å². The minimum atomic E-state index is -3.77. The normalized spacial score (nSPS) is 11.5. The van der Waals surface area contributed by atoms with Gasteiger partial charge in [0.1, 0.15) is 0 Å². The highest BCUT2D eigenvalue weighted by Gasteiger charge is 2.18. The molecule has 0 aliphatic rings. The summed E-state index contributed by atoms with van der Waals surface area (Å²) in [6.45, 7) is 0.928. The van der Waals surface area contributed by atoms with Gasteiger partial charge in [0, 0.05) is 16.8 Å². The van der Waals surface area contributed by atoms with Crippen LogP contribution in [0.3, 0.4) is 0 Å². The van der Waals surface area contributed by atoms with Crippen molar-refractivity contribution in [3.63, 3.8) is 0 Å². The summed E-state index contributed by atoms with van der Waals surface area (Å²) in [5.41, 5.74) is 1.38. The molecule has 6 nitrogen and oxygen atoms in total. The lowest BCUT2D eigenvalue weighted by atomic mass is 10.1. The van der Waals surface area contributed by atoms with Crippen LogP contribution in [0.1, 0.15) is 12.0 Å². The van der Waals surface area contributed by atoms with Crippen LogP contribution in [0, 0.1) is 0 Å². The fraction of sp³-hybridized carbons (Fsp3) is 0.368. The fourth-order valence-corrected chi connectivity index (χ4v) is 3.89. The molecule has 1 N–H and O–H groups in total. The number of hydrogen-bond donors (Lipinski definition) is 1. The average Bonchev–Trinajstić information content (AvgIpc) is 2.63. The van der Waals surface area contributed by atoms with E-state index >= 15 is 0 Å². The maximum Gasteiger partial charge on any atom is 0.262 e. The smallest absolute Gasteiger partial charge is 0.262 e. The first-order chi connectivity index (χ1) is 12.8. The van der Waals surface area contributed by atoms with Crippen LogP contribution in [-0.4, -0.2) is 48.2 Å². The van der Waals surface area contributed by atoms with Gasteiger partial charge in [-0.2, -0.15) is 0 Å². The molecule has 8 heteroatoms. The number of sulfonamides is 1. The highest BCUT2D eigenvalue weighted by molar-refractivity contribution is 7.92. The molecule has 0 fully saturated rings. The van der Waals surface area contributed by atoms with Crippen LogP contribution in [0.2, 0.25) is 5.02 Å². The number of hydrogen-bond acceptors (Lipinski definition) is 5. The number of nitrogens with zero attached hydrogens (tertiary/aromatic N) is 1. The van der Waals surface area contributed by atoms with E-state index in [0.717, 1.165) is 24.9 Å². The van der Waals surface area contributed by atoms with E-state index in [0.29, 0.717) is 22.2 Å². The first-order valence-electron chi connectivity index (χ1n) is 8.45. The molecule has 0 radical (unpaired) electrons. The summed E-state index contributed by atoms with van der Waals surface area (Å²) in [4.78, 5) is 2.18. The Balaban J connectivity index is 2.22. The van der Waals surface area contributed by atoms with Crippen molar-refractivity contribution in [1.82, 2.24) is 4.90 Å². The first-order valence-corrected chi connectivity index (χ1v) is 10.3. The Morgan fingerprint density at radius 3 is 2.37 bits per heavy atom. The molecule has 0 aromatic heterocycles. The SMILES string of the molecule is COc1ccc(S(=O)(=O)Nc2ccc(Cl)c(CCCN(C)C)c2)cc1OC. The molecule has 0 unspecified atom stereocenters. The van der Waals surface area contributed by atoms with Gasteiger partial charge in [0.05, 0.1) is 19.1 Å². The van der Waals surface area contributed by atoms with Gasteiger partial charge in [0.2, 0.25) is 0 Å². The summed E-state index contributed by atoms with van der Waals surface area (Å²) in [5.74, 6) is 0.812. The Morgan fingerprint density at radius 2 is 1.74 bits per heavy atom. The lowest BCUT2D eigenvalue weighted by Crippen LogP contribution is -2.14. The van der Waals surface area contributed by atoms with Gasteiger partial charge in [-0.05, 0) is 69.4 Å². The minimum Gasteiger partial charge on any atom is -0.493 e. The monoisotopic (exact) mass is 412 g/mol. The van der Waals surface area contributed by atoms with Crippen molar-refractivity contribution in [2.75, 3.05) is 39.6 Å². The lowest BCUT2D eigenvalue weighted by Gasteiger charge is -2.13. The molecule has 0 atom stereocenters. The Labute approximate surface area is 166 Å². The van der Waals surface area contributed by atoms with E-state index < -0.39 is 10.0 Å². The molecule has 0 aliphatic carbocycles. The molecule has 148 valence electrons. The molecule has 0 spiro atoms. The van der Waals surface area contributed by atoms with Gasteiger partial charge in [0.25, 0.3) is 10.0 Å². The molecular formula is C19H25ClN2O4S. The zero-order valence-corrected chi connectivity index (χ0v) is 17.5. The largest absolute Gasteiger partial charge is 0.493 e. The van der Waals surface area contributed by atoms with Crippen molar-refractivity contribution in [2.24, 2.45) is 0 Å². The summed E-state index contributed by atoms with van der Waals surface area (Å²) in [6, 6.07) is 9.58. The molecule has 2 aromatic carbocycles. The highest BCUT2D eigenvalue weighted by atomic mass is 35.5. The van der Waals surface area contributed by atoms with Crippen molar-refractivity contribution in [3.05, 3.63) is 47.0 Å². The van der Waals surface area contributed by atoms with Crippen LogP contribution in [0.25, 0.3) is 0 Å². The molecule has 2 aromatic rings. The van der Waals surface area contributed by atoms with E-state index in [9.17, 15) is 8.42 Å². The number of ether oxygens (including phenoxy) is 2. The number of anilines is 1. The first kappa shape index (κ1) is 21.3. The average molecular weight is 413 g/mol. The van der Waals surface area contributed by atoms with Crippen LogP contribution in [0.4, 0.5) is 5.69 Å². The highest BCUT2D eigenvalue weighted by Crippen LogP contribution is 2.30. The number of methoxy groups -OCH3 is 2. The number of nitrogens with one attached hydrogen (secondary N) is 1. The zero-order chi connectivity index (χ0) is 20.0. The lowest BCUT2D eigenvalue weighted by molar-refractivity contribution is 0.354. The molecule has 0 aliphatic heterocycles. The Kier molecular flexibility index (Phi) is 7.35. The van der Waals surface area contributed by atoms with Crippen LogP contribution >= 0.6 is 11.6 Å². The number of benzene rings is 2. The molecular weight excluding hydrogens is 388 g/mol. The standard InChI is InChI=1S/C19H25ClN2O4S/c1-22(2)11-5-6-14-12-15(7-9-17(14)20)21-27(23,24)16-8-10-18(25-3)19(13-16)26-4/h7-10,12-13,21H,5-6,11H2,1-4H3. The predicted molar refractivity (Wildman–Crippen MR) is 109 cm³/mol. The van der Waals surface area contributed by atoms with Crippen molar-refractivity contribution >= 4 is 27.3 Å². The number of aryl methyl sites for hydroxylation is 1. The fourth-order valence-electron chi connectivity index (χ4n) is 2.61. The van der Waals surface area contributed by atoms with E-state index in [2.05, 4.69) is 9.62 Å². The Hall–Kier alpha value is -1.96. The van der Waals surface area contributed by atoms with Crippen molar-refractivity contribution in [2.45, 2.75) is 17.7 Å². The molecule has 0 saturated carbocycles. The Bertz CT molecular complexity index is 885. The summed E-state index contributed by atoms with van der Waals surface area (Å²) < 4.78 is 38.4. The second kappa shape index (κ2) is 9.30. The Morgan fingerprint density at radius 1 is 1.04 bits per heavy atom. The second-order valence-electron chi connectivity index (χ2n) is 6.34. The maximum atomic E-state index is 12.7. The quantitative estimate of drug-likeness (QED) is 0.680. The molecule has 0 amide bonds. The summed E-state index contributed by atoms with van der Waals surface area (Å²) in [5, 5.41) is 0.628. The van der Waals surface area contributed by atoms with Gasteiger partial charge in [-0.3, -0.25) is 4.72 Å². The maximum absolute atomic E-state index is 12.7. The van der Waals surface area contributed by atoms with Gasteiger partial charge in [-0.1, -0.05) is 11.6 Å². The van der Waals surface area contributed by atoms with E-state index in [1.54, 1.807) is 24.3 Å². The molecule has 0 heterocycles. The van der Waals surface area contributed by atoms with Crippen LogP contribution < -0.4 is 14.2 Å². The minimum absolute atomic E-state index is 0.0873. The molecule has 0 bridgehead atoms. The van der Waals surface area contributed by atoms with Crippen LogP contribution in [0.5, 0.6) is 11.5 Å². The van der Waals surface area contributed by atoms with Gasteiger partial charge in [-0.15, -0.1) is 0 Å². The number of halogens is 1. The number of rotatable bonds is 9. The second-order valence-corrected chi connectivity index (χ2v) is 8.42.